The second-order valence-electron chi connectivity index (χ2n) is 4.61. The number of aryl methyl sites for hydroxylation is 1. The first-order chi connectivity index (χ1) is 8.63. The maximum absolute atomic E-state index is 12.6. The van der Waals surface area contributed by atoms with Crippen molar-refractivity contribution in [1.29, 1.82) is 0 Å². The summed E-state index contributed by atoms with van der Waals surface area (Å²) in [6, 6.07) is 3.99. The summed E-state index contributed by atoms with van der Waals surface area (Å²) in [7, 11) is 0. The molecular weight excluding hydrogens is 259 g/mol. The minimum absolute atomic E-state index is 0.113. The molecule has 19 heavy (non-hydrogen) atoms. The highest BCUT2D eigenvalue weighted by Gasteiger charge is 2.34. The Balaban J connectivity index is 3.34. The molecule has 0 aliphatic rings. The summed E-state index contributed by atoms with van der Waals surface area (Å²) in [5, 5.41) is 9.11. The van der Waals surface area contributed by atoms with E-state index in [1.165, 1.54) is 12.1 Å². The van der Waals surface area contributed by atoms with E-state index in [0.29, 0.717) is 5.56 Å². The number of carbonyl (C=O) groups is 1. The smallest absolute Gasteiger partial charge is 0.405 e. The fourth-order valence-corrected chi connectivity index (χ4v) is 1.93. The summed E-state index contributed by atoms with van der Waals surface area (Å²) in [5.41, 5.74) is 0.526. The Labute approximate surface area is 109 Å². The van der Waals surface area contributed by atoms with Gasteiger partial charge in [-0.2, -0.15) is 13.2 Å². The number of para-hydroxylation sites is 1. The van der Waals surface area contributed by atoms with Crippen molar-refractivity contribution in [3.05, 3.63) is 29.3 Å². The average Bonchev–Trinajstić information content (AvgIpc) is 2.24. The molecule has 0 radical (unpaired) electrons. The zero-order valence-electron chi connectivity index (χ0n) is 11.0. The van der Waals surface area contributed by atoms with E-state index >= 15 is 0 Å². The van der Waals surface area contributed by atoms with Crippen LogP contribution in [-0.2, 0) is 0 Å². The van der Waals surface area contributed by atoms with E-state index in [9.17, 15) is 18.0 Å². The Morgan fingerprint density at radius 3 is 2.37 bits per heavy atom. The third-order valence-electron chi connectivity index (χ3n) is 2.73. The van der Waals surface area contributed by atoms with Crippen LogP contribution in [0.25, 0.3) is 0 Å². The van der Waals surface area contributed by atoms with Crippen LogP contribution in [0.4, 0.5) is 18.9 Å². The normalized spacial score (nSPS) is 11.7. The molecule has 0 spiro atoms. The summed E-state index contributed by atoms with van der Waals surface area (Å²) < 4.78 is 37.9. The van der Waals surface area contributed by atoms with E-state index in [-0.39, 0.29) is 11.3 Å². The zero-order chi connectivity index (χ0) is 14.8. The largest absolute Gasteiger partial charge is 0.478 e. The number of aromatic carboxylic acids is 1. The molecule has 3 nitrogen and oxygen atoms in total. The molecule has 0 saturated heterocycles. The monoisotopic (exact) mass is 275 g/mol. The average molecular weight is 275 g/mol. The fraction of sp³-hybridized carbons (Fsp3) is 0.462. The van der Waals surface area contributed by atoms with Gasteiger partial charge in [0.2, 0.25) is 0 Å². The molecule has 0 atom stereocenters. The molecule has 1 rings (SSSR count). The molecule has 0 aromatic heterocycles. The molecule has 1 aromatic carbocycles. The Kier molecular flexibility index (Phi) is 4.44. The molecule has 6 heteroatoms. The topological polar surface area (TPSA) is 40.5 Å². The van der Waals surface area contributed by atoms with Gasteiger partial charge in [-0.1, -0.05) is 12.1 Å². The van der Waals surface area contributed by atoms with Crippen molar-refractivity contribution in [1.82, 2.24) is 0 Å². The van der Waals surface area contributed by atoms with Gasteiger partial charge < -0.3 is 10.0 Å². The van der Waals surface area contributed by atoms with Crippen molar-refractivity contribution in [2.75, 3.05) is 11.4 Å². The highest BCUT2D eigenvalue weighted by Crippen LogP contribution is 2.30. The van der Waals surface area contributed by atoms with Crippen LogP contribution in [0, 0.1) is 6.92 Å². The number of hydrogen-bond acceptors (Lipinski definition) is 2. The fourth-order valence-electron chi connectivity index (χ4n) is 1.93. The summed E-state index contributed by atoms with van der Waals surface area (Å²) in [4.78, 5) is 12.2. The molecule has 0 bridgehead atoms. The van der Waals surface area contributed by atoms with Crippen LogP contribution in [0.15, 0.2) is 18.2 Å². The van der Waals surface area contributed by atoms with E-state index in [1.807, 2.05) is 0 Å². The van der Waals surface area contributed by atoms with Crippen molar-refractivity contribution < 1.29 is 23.1 Å². The molecule has 0 saturated carbocycles. The molecule has 106 valence electrons. The van der Waals surface area contributed by atoms with Gasteiger partial charge in [0.15, 0.2) is 0 Å². The predicted molar refractivity (Wildman–Crippen MR) is 66.7 cm³/mol. The van der Waals surface area contributed by atoms with Gasteiger partial charge in [-0.15, -0.1) is 0 Å². The third-order valence-corrected chi connectivity index (χ3v) is 2.73. The van der Waals surface area contributed by atoms with Crippen LogP contribution in [0.2, 0.25) is 0 Å². The van der Waals surface area contributed by atoms with Gasteiger partial charge in [-0.3, -0.25) is 0 Å². The number of rotatable bonds is 4. The number of alkyl halides is 3. The van der Waals surface area contributed by atoms with Crippen LogP contribution >= 0.6 is 0 Å². The summed E-state index contributed by atoms with van der Waals surface area (Å²) in [6.07, 6.45) is -4.39. The van der Waals surface area contributed by atoms with Gasteiger partial charge >= 0.3 is 12.1 Å². The Hall–Kier alpha value is -1.72. The third kappa shape index (κ3) is 3.87. The lowest BCUT2D eigenvalue weighted by molar-refractivity contribution is -0.120. The van der Waals surface area contributed by atoms with Gasteiger partial charge in [-0.05, 0) is 32.4 Å². The second-order valence-corrected chi connectivity index (χ2v) is 4.61. The van der Waals surface area contributed by atoms with Gasteiger partial charge in [-0.25, -0.2) is 4.79 Å². The molecule has 0 unspecified atom stereocenters. The number of hydrogen-bond donors (Lipinski definition) is 1. The van der Waals surface area contributed by atoms with Crippen molar-refractivity contribution in [2.45, 2.75) is 33.0 Å². The molecular formula is C13H16F3NO2. The van der Waals surface area contributed by atoms with E-state index in [2.05, 4.69) is 0 Å². The molecule has 0 fully saturated rings. The minimum atomic E-state index is -4.39. The maximum atomic E-state index is 12.6. The standard InChI is InChI=1S/C13H16F3NO2/c1-8(2)17(7-13(14,15)16)11-9(3)5-4-6-10(11)12(18)19/h4-6,8H,7H2,1-3H3,(H,18,19). The van der Waals surface area contributed by atoms with Gasteiger partial charge in [0.1, 0.15) is 6.54 Å². The Bertz CT molecular complexity index is 469. The Morgan fingerprint density at radius 1 is 1.37 bits per heavy atom. The summed E-state index contributed by atoms with van der Waals surface area (Å²) in [6.45, 7) is 3.64. The van der Waals surface area contributed by atoms with Gasteiger partial charge in [0.05, 0.1) is 11.3 Å². The number of benzene rings is 1. The second kappa shape index (κ2) is 5.50. The first-order valence-corrected chi connectivity index (χ1v) is 5.79. The van der Waals surface area contributed by atoms with Gasteiger partial charge in [0.25, 0.3) is 0 Å². The number of nitrogens with zero attached hydrogens (tertiary/aromatic N) is 1. The highest BCUT2D eigenvalue weighted by atomic mass is 19.4. The highest BCUT2D eigenvalue weighted by molar-refractivity contribution is 5.95. The molecule has 0 heterocycles. The summed E-state index contributed by atoms with van der Waals surface area (Å²) in [5.74, 6) is -1.23. The quantitative estimate of drug-likeness (QED) is 0.914. The van der Waals surface area contributed by atoms with E-state index in [0.717, 1.165) is 4.90 Å². The molecule has 1 aromatic rings. The maximum Gasteiger partial charge on any atom is 0.405 e. The summed E-state index contributed by atoms with van der Waals surface area (Å²) >= 11 is 0. The van der Waals surface area contributed by atoms with Crippen molar-refractivity contribution in [2.24, 2.45) is 0 Å². The molecule has 1 N–H and O–H groups in total. The van der Waals surface area contributed by atoms with Crippen molar-refractivity contribution >= 4 is 11.7 Å². The van der Waals surface area contributed by atoms with Crippen LogP contribution in [-0.4, -0.2) is 29.8 Å². The predicted octanol–water partition coefficient (Wildman–Crippen LogP) is 3.47. The van der Waals surface area contributed by atoms with Crippen LogP contribution < -0.4 is 4.90 Å². The van der Waals surface area contributed by atoms with Crippen LogP contribution in [0.3, 0.4) is 0 Å². The van der Waals surface area contributed by atoms with Crippen LogP contribution in [0.5, 0.6) is 0 Å². The first kappa shape index (κ1) is 15.3. The lowest BCUT2D eigenvalue weighted by Crippen LogP contribution is -2.40. The van der Waals surface area contributed by atoms with Crippen molar-refractivity contribution in [3.63, 3.8) is 0 Å². The lowest BCUT2D eigenvalue weighted by atomic mass is 10.1. The van der Waals surface area contributed by atoms with Crippen LogP contribution in [0.1, 0.15) is 29.8 Å². The minimum Gasteiger partial charge on any atom is -0.478 e. The van der Waals surface area contributed by atoms with E-state index in [4.69, 9.17) is 5.11 Å². The first-order valence-electron chi connectivity index (χ1n) is 5.79. The molecule has 0 aliphatic heterocycles. The van der Waals surface area contributed by atoms with E-state index in [1.54, 1.807) is 26.8 Å². The molecule has 0 amide bonds. The van der Waals surface area contributed by atoms with Gasteiger partial charge in [0, 0.05) is 6.04 Å². The number of carboxylic acids is 1. The SMILES string of the molecule is Cc1cccc(C(=O)O)c1N(CC(F)(F)F)C(C)C. The Morgan fingerprint density at radius 2 is 1.95 bits per heavy atom. The molecule has 0 aliphatic carbocycles. The van der Waals surface area contributed by atoms with Crippen molar-refractivity contribution in [3.8, 4) is 0 Å². The lowest BCUT2D eigenvalue weighted by Gasteiger charge is -2.32. The number of carboxylic acid groups (broad SMARTS) is 1. The number of anilines is 1. The van der Waals surface area contributed by atoms with E-state index < -0.39 is 24.7 Å². The zero-order valence-corrected chi connectivity index (χ0v) is 11.0. The number of halogens is 3.